The Morgan fingerprint density at radius 2 is 2.10 bits per heavy atom. The minimum absolute atomic E-state index is 0.0393. The SMILES string of the molecule is Nc1cccc2c1CCN(C(=O)c1ccc(F)c(Cl)c1)C2. The molecule has 0 unspecified atom stereocenters. The van der Waals surface area contributed by atoms with Crippen LogP contribution in [0.4, 0.5) is 10.1 Å². The molecule has 1 aliphatic heterocycles. The molecule has 0 radical (unpaired) electrons. The third kappa shape index (κ3) is 2.59. The number of carbonyl (C=O) groups excluding carboxylic acids is 1. The van der Waals surface area contributed by atoms with E-state index in [1.54, 1.807) is 4.90 Å². The van der Waals surface area contributed by atoms with E-state index in [-0.39, 0.29) is 10.9 Å². The third-order valence-electron chi connectivity index (χ3n) is 3.76. The number of hydrogen-bond acceptors (Lipinski definition) is 2. The average molecular weight is 305 g/mol. The Bertz CT molecular complexity index is 717. The lowest BCUT2D eigenvalue weighted by Crippen LogP contribution is -2.36. The van der Waals surface area contributed by atoms with Crippen molar-refractivity contribution >= 4 is 23.2 Å². The molecule has 0 saturated heterocycles. The van der Waals surface area contributed by atoms with Gasteiger partial charge in [-0.15, -0.1) is 0 Å². The van der Waals surface area contributed by atoms with E-state index in [9.17, 15) is 9.18 Å². The fraction of sp³-hybridized carbons (Fsp3) is 0.188. The van der Waals surface area contributed by atoms with E-state index >= 15 is 0 Å². The smallest absolute Gasteiger partial charge is 0.254 e. The lowest BCUT2D eigenvalue weighted by Gasteiger charge is -2.29. The Morgan fingerprint density at radius 1 is 1.29 bits per heavy atom. The monoisotopic (exact) mass is 304 g/mol. The molecule has 0 aromatic heterocycles. The molecule has 2 aromatic rings. The van der Waals surface area contributed by atoms with E-state index < -0.39 is 5.82 Å². The van der Waals surface area contributed by atoms with Gasteiger partial charge in [-0.25, -0.2) is 4.39 Å². The number of rotatable bonds is 1. The lowest BCUT2D eigenvalue weighted by molar-refractivity contribution is 0.0735. The van der Waals surface area contributed by atoms with E-state index in [1.807, 2.05) is 18.2 Å². The molecule has 2 N–H and O–H groups in total. The summed E-state index contributed by atoms with van der Waals surface area (Å²) in [6.07, 6.45) is 0.725. The molecule has 0 aliphatic carbocycles. The van der Waals surface area contributed by atoms with Crippen LogP contribution in [-0.4, -0.2) is 17.4 Å². The number of nitrogens with zero attached hydrogens (tertiary/aromatic N) is 1. The molecule has 108 valence electrons. The van der Waals surface area contributed by atoms with Crippen molar-refractivity contribution in [2.45, 2.75) is 13.0 Å². The molecule has 21 heavy (non-hydrogen) atoms. The van der Waals surface area contributed by atoms with Crippen LogP contribution in [0.2, 0.25) is 5.02 Å². The first kappa shape index (κ1) is 13.9. The Labute approximate surface area is 127 Å². The van der Waals surface area contributed by atoms with Gasteiger partial charge in [0.1, 0.15) is 5.82 Å². The van der Waals surface area contributed by atoms with Gasteiger partial charge in [-0.1, -0.05) is 23.7 Å². The van der Waals surface area contributed by atoms with Crippen molar-refractivity contribution < 1.29 is 9.18 Å². The van der Waals surface area contributed by atoms with Gasteiger partial charge in [0.2, 0.25) is 0 Å². The van der Waals surface area contributed by atoms with Crippen molar-refractivity contribution in [1.29, 1.82) is 0 Å². The standard InChI is InChI=1S/C16H14ClFN2O/c17-13-8-10(4-5-14(13)18)16(21)20-7-6-12-11(9-20)2-1-3-15(12)19/h1-5,8H,6-7,9,19H2. The first-order valence-electron chi connectivity index (χ1n) is 6.67. The fourth-order valence-electron chi connectivity index (χ4n) is 2.62. The number of nitrogen functional groups attached to an aromatic ring is 1. The maximum Gasteiger partial charge on any atom is 0.254 e. The van der Waals surface area contributed by atoms with Crippen molar-refractivity contribution in [2.75, 3.05) is 12.3 Å². The number of carbonyl (C=O) groups is 1. The molecule has 0 spiro atoms. The van der Waals surface area contributed by atoms with Crippen LogP contribution in [0.25, 0.3) is 0 Å². The van der Waals surface area contributed by atoms with Crippen LogP contribution in [0, 0.1) is 5.82 Å². The van der Waals surface area contributed by atoms with Crippen molar-refractivity contribution in [3.05, 3.63) is 63.9 Å². The molecule has 3 rings (SSSR count). The van der Waals surface area contributed by atoms with Crippen LogP contribution in [0.15, 0.2) is 36.4 Å². The number of amides is 1. The van der Waals surface area contributed by atoms with E-state index in [0.717, 1.165) is 23.2 Å². The van der Waals surface area contributed by atoms with Crippen molar-refractivity contribution in [1.82, 2.24) is 4.90 Å². The van der Waals surface area contributed by atoms with Gasteiger partial charge in [0.05, 0.1) is 5.02 Å². The minimum atomic E-state index is -0.523. The summed E-state index contributed by atoms with van der Waals surface area (Å²) in [5.41, 5.74) is 9.28. The summed E-state index contributed by atoms with van der Waals surface area (Å²) in [6.45, 7) is 1.10. The maximum absolute atomic E-state index is 13.2. The highest BCUT2D eigenvalue weighted by molar-refractivity contribution is 6.31. The predicted molar refractivity (Wildman–Crippen MR) is 80.7 cm³/mol. The number of benzene rings is 2. The summed E-state index contributed by atoms with van der Waals surface area (Å²) in [7, 11) is 0. The third-order valence-corrected chi connectivity index (χ3v) is 4.05. The second-order valence-corrected chi connectivity index (χ2v) is 5.50. The zero-order valence-electron chi connectivity index (χ0n) is 11.3. The van der Waals surface area contributed by atoms with Gasteiger partial charge < -0.3 is 10.6 Å². The topological polar surface area (TPSA) is 46.3 Å². The number of hydrogen-bond donors (Lipinski definition) is 1. The highest BCUT2D eigenvalue weighted by Crippen LogP contribution is 2.25. The predicted octanol–water partition coefficient (Wildman–Crippen LogP) is 3.26. The molecule has 0 atom stereocenters. The van der Waals surface area contributed by atoms with Crippen LogP contribution in [0.1, 0.15) is 21.5 Å². The first-order chi connectivity index (χ1) is 10.1. The highest BCUT2D eigenvalue weighted by atomic mass is 35.5. The summed E-state index contributed by atoms with van der Waals surface area (Å²) >= 11 is 5.74. The van der Waals surface area contributed by atoms with Gasteiger partial charge in [0.25, 0.3) is 5.91 Å². The normalized spacial score (nSPS) is 13.9. The van der Waals surface area contributed by atoms with Crippen molar-refractivity contribution in [2.24, 2.45) is 0 Å². The van der Waals surface area contributed by atoms with E-state index in [2.05, 4.69) is 0 Å². The summed E-state index contributed by atoms with van der Waals surface area (Å²) < 4.78 is 13.2. The zero-order chi connectivity index (χ0) is 15.0. The lowest BCUT2D eigenvalue weighted by atomic mass is 9.97. The number of halogens is 2. The van der Waals surface area contributed by atoms with E-state index in [4.69, 9.17) is 17.3 Å². The van der Waals surface area contributed by atoms with Gasteiger partial charge in [-0.05, 0) is 41.8 Å². The van der Waals surface area contributed by atoms with E-state index in [1.165, 1.54) is 18.2 Å². The van der Waals surface area contributed by atoms with Gasteiger partial charge in [0, 0.05) is 24.3 Å². The van der Waals surface area contributed by atoms with E-state index in [0.29, 0.717) is 18.7 Å². The Morgan fingerprint density at radius 3 is 2.86 bits per heavy atom. The summed E-state index contributed by atoms with van der Waals surface area (Å²) in [6, 6.07) is 9.77. The Balaban J connectivity index is 1.85. The second-order valence-electron chi connectivity index (χ2n) is 5.09. The fourth-order valence-corrected chi connectivity index (χ4v) is 2.80. The van der Waals surface area contributed by atoms with Crippen LogP contribution < -0.4 is 5.73 Å². The molecule has 0 bridgehead atoms. The molecule has 3 nitrogen and oxygen atoms in total. The van der Waals surface area contributed by atoms with Crippen LogP contribution in [0.5, 0.6) is 0 Å². The molecule has 1 amide bonds. The minimum Gasteiger partial charge on any atom is -0.398 e. The summed E-state index contributed by atoms with van der Waals surface area (Å²) in [5.74, 6) is -0.671. The zero-order valence-corrected chi connectivity index (χ0v) is 12.0. The molecular formula is C16H14ClFN2O. The molecule has 0 saturated carbocycles. The van der Waals surface area contributed by atoms with Gasteiger partial charge in [-0.2, -0.15) is 0 Å². The molecular weight excluding hydrogens is 291 g/mol. The molecule has 1 aliphatic rings. The number of fused-ring (bicyclic) bond motifs is 1. The highest BCUT2D eigenvalue weighted by Gasteiger charge is 2.23. The van der Waals surface area contributed by atoms with Crippen LogP contribution in [0.3, 0.4) is 0 Å². The molecule has 1 heterocycles. The van der Waals surface area contributed by atoms with Crippen molar-refractivity contribution in [3.63, 3.8) is 0 Å². The van der Waals surface area contributed by atoms with Crippen LogP contribution in [-0.2, 0) is 13.0 Å². The largest absolute Gasteiger partial charge is 0.398 e. The van der Waals surface area contributed by atoms with Crippen molar-refractivity contribution in [3.8, 4) is 0 Å². The quantitative estimate of drug-likeness (QED) is 0.822. The van der Waals surface area contributed by atoms with Crippen LogP contribution >= 0.6 is 11.6 Å². The summed E-state index contributed by atoms with van der Waals surface area (Å²) in [5, 5.41) is -0.0393. The molecule has 5 heteroatoms. The first-order valence-corrected chi connectivity index (χ1v) is 7.04. The number of nitrogens with two attached hydrogens (primary N) is 1. The number of anilines is 1. The molecule has 2 aromatic carbocycles. The Hall–Kier alpha value is -2.07. The maximum atomic E-state index is 13.2. The van der Waals surface area contributed by atoms with Gasteiger partial charge in [0.15, 0.2) is 0 Å². The Kier molecular flexibility index (Phi) is 3.55. The van der Waals surface area contributed by atoms with Gasteiger partial charge >= 0.3 is 0 Å². The molecule has 0 fully saturated rings. The average Bonchev–Trinajstić information content (AvgIpc) is 2.49. The second kappa shape index (κ2) is 5.37. The summed E-state index contributed by atoms with van der Waals surface area (Å²) in [4.78, 5) is 14.2. The van der Waals surface area contributed by atoms with Gasteiger partial charge in [-0.3, -0.25) is 4.79 Å².